The Morgan fingerprint density at radius 1 is 1.18 bits per heavy atom. The molecular formula is C25H30O3. The van der Waals surface area contributed by atoms with E-state index in [1.54, 1.807) is 7.11 Å². The van der Waals surface area contributed by atoms with Gasteiger partial charge in [0.25, 0.3) is 0 Å². The van der Waals surface area contributed by atoms with E-state index in [9.17, 15) is 4.79 Å². The molecule has 1 aliphatic carbocycles. The Labute approximate surface area is 168 Å². The monoisotopic (exact) mass is 378 g/mol. The van der Waals surface area contributed by atoms with Gasteiger partial charge in [0.1, 0.15) is 17.8 Å². The molecule has 0 saturated heterocycles. The Hall–Kier alpha value is -2.39. The summed E-state index contributed by atoms with van der Waals surface area (Å²) in [4.78, 5) is 11.7. The molecule has 148 valence electrons. The van der Waals surface area contributed by atoms with E-state index in [1.807, 2.05) is 31.2 Å². The van der Waals surface area contributed by atoms with E-state index in [0.29, 0.717) is 0 Å². The summed E-state index contributed by atoms with van der Waals surface area (Å²) in [5, 5.41) is 0. The van der Waals surface area contributed by atoms with Crippen molar-refractivity contribution in [3.8, 4) is 0 Å². The second-order valence-electron chi connectivity index (χ2n) is 7.59. The fourth-order valence-electron chi connectivity index (χ4n) is 4.63. The number of allylic oxidation sites excluding steroid dienone is 2. The smallest absolute Gasteiger partial charge is 0.149 e. The first kappa shape index (κ1) is 20.3. The number of rotatable bonds is 7. The number of aryl methyl sites for hydroxylation is 1. The first-order chi connectivity index (χ1) is 13.5. The molecular weight excluding hydrogens is 348 g/mol. The molecule has 3 rings (SSSR count). The highest BCUT2D eigenvalue weighted by atomic mass is 16.5. The summed E-state index contributed by atoms with van der Waals surface area (Å²) in [6.07, 6.45) is 7.30. The number of carbonyl (C=O) groups is 1. The van der Waals surface area contributed by atoms with Crippen molar-refractivity contribution in [2.45, 2.75) is 58.5 Å². The third-order valence-corrected chi connectivity index (χ3v) is 6.08. The van der Waals surface area contributed by atoms with Gasteiger partial charge in [-0.25, -0.2) is 0 Å². The van der Waals surface area contributed by atoms with E-state index in [4.69, 9.17) is 9.15 Å². The minimum Gasteiger partial charge on any atom is -0.465 e. The highest BCUT2D eigenvalue weighted by Crippen LogP contribution is 2.47. The predicted octanol–water partition coefficient (Wildman–Crippen LogP) is 5.63. The maximum absolute atomic E-state index is 11.7. The molecule has 3 heteroatoms. The third kappa shape index (κ3) is 3.40. The molecule has 0 amide bonds. The lowest BCUT2D eigenvalue weighted by atomic mass is 9.65. The summed E-state index contributed by atoms with van der Waals surface area (Å²) in [6.45, 7) is 8.41. The fraction of sp³-hybridized carbons (Fsp3) is 0.400. The maximum atomic E-state index is 11.7. The zero-order valence-electron chi connectivity index (χ0n) is 17.5. The lowest BCUT2D eigenvalue weighted by Crippen LogP contribution is -2.43. The van der Waals surface area contributed by atoms with Crippen molar-refractivity contribution in [2.75, 3.05) is 7.11 Å². The van der Waals surface area contributed by atoms with Gasteiger partial charge in [-0.3, -0.25) is 4.79 Å². The summed E-state index contributed by atoms with van der Waals surface area (Å²) < 4.78 is 12.3. The highest BCUT2D eigenvalue weighted by molar-refractivity contribution is 5.80. The molecule has 1 aliphatic rings. The van der Waals surface area contributed by atoms with Crippen LogP contribution in [0.1, 0.15) is 54.9 Å². The van der Waals surface area contributed by atoms with Gasteiger partial charge in [0.05, 0.1) is 6.10 Å². The van der Waals surface area contributed by atoms with Gasteiger partial charge >= 0.3 is 0 Å². The van der Waals surface area contributed by atoms with Gasteiger partial charge in [-0.1, -0.05) is 56.3 Å². The van der Waals surface area contributed by atoms with Crippen LogP contribution >= 0.6 is 0 Å². The van der Waals surface area contributed by atoms with Gasteiger partial charge in [-0.15, -0.1) is 0 Å². The lowest BCUT2D eigenvalue weighted by Gasteiger charge is -2.41. The maximum Gasteiger partial charge on any atom is 0.149 e. The molecule has 0 spiro atoms. The minimum atomic E-state index is -0.420. The molecule has 1 aromatic heterocycles. The number of carbonyl (C=O) groups excluding carboxylic acids is 1. The van der Waals surface area contributed by atoms with Gasteiger partial charge in [-0.2, -0.15) is 0 Å². The van der Waals surface area contributed by atoms with Gasteiger partial charge in [0.15, 0.2) is 0 Å². The van der Waals surface area contributed by atoms with E-state index in [2.05, 4.69) is 39.0 Å². The molecule has 2 aromatic rings. The highest BCUT2D eigenvalue weighted by Gasteiger charge is 2.45. The quantitative estimate of drug-likeness (QED) is 0.587. The molecule has 2 atom stereocenters. The van der Waals surface area contributed by atoms with Crippen LogP contribution in [-0.2, 0) is 21.4 Å². The van der Waals surface area contributed by atoms with Crippen molar-refractivity contribution < 1.29 is 13.9 Å². The van der Waals surface area contributed by atoms with E-state index >= 15 is 0 Å². The third-order valence-electron chi connectivity index (χ3n) is 6.08. The van der Waals surface area contributed by atoms with Crippen molar-refractivity contribution in [1.82, 2.24) is 0 Å². The average molecular weight is 379 g/mol. The summed E-state index contributed by atoms with van der Waals surface area (Å²) in [6, 6.07) is 10.4. The van der Waals surface area contributed by atoms with Gasteiger partial charge in [0.2, 0.25) is 0 Å². The van der Waals surface area contributed by atoms with E-state index in [0.717, 1.165) is 53.8 Å². The van der Waals surface area contributed by atoms with E-state index in [-0.39, 0.29) is 6.10 Å². The molecule has 0 saturated carbocycles. The number of benzene rings is 1. The summed E-state index contributed by atoms with van der Waals surface area (Å²) in [5.41, 5.74) is 4.97. The molecule has 0 bridgehead atoms. The van der Waals surface area contributed by atoms with Gasteiger partial charge in [-0.05, 0) is 43.4 Å². The largest absolute Gasteiger partial charge is 0.465 e. The van der Waals surface area contributed by atoms with Crippen molar-refractivity contribution in [2.24, 2.45) is 0 Å². The number of hydrogen-bond acceptors (Lipinski definition) is 3. The number of furan rings is 1. The Bertz CT molecular complexity index is 901. The van der Waals surface area contributed by atoms with E-state index in [1.165, 1.54) is 11.1 Å². The van der Waals surface area contributed by atoms with Crippen LogP contribution in [0.2, 0.25) is 0 Å². The SMILES string of the molecule is CCC1=CC(C=O)=CC(CC)(c2c(Cc3ccccc3)oc(C)c2C)C1OC. The Balaban J connectivity index is 2.22. The molecule has 1 heterocycles. The lowest BCUT2D eigenvalue weighted by molar-refractivity contribution is -0.104. The average Bonchev–Trinajstić information content (AvgIpc) is 3.00. The minimum absolute atomic E-state index is 0.114. The van der Waals surface area contributed by atoms with Crippen LogP contribution in [0.5, 0.6) is 0 Å². The number of hydrogen-bond donors (Lipinski definition) is 0. The molecule has 0 radical (unpaired) electrons. The fourth-order valence-corrected chi connectivity index (χ4v) is 4.63. The first-order valence-corrected chi connectivity index (χ1v) is 10.0. The van der Waals surface area contributed by atoms with Crippen LogP contribution in [0, 0.1) is 13.8 Å². The summed E-state index contributed by atoms with van der Waals surface area (Å²) in [7, 11) is 1.76. The zero-order valence-corrected chi connectivity index (χ0v) is 17.5. The van der Waals surface area contributed by atoms with Gasteiger partial charge in [0, 0.05) is 30.1 Å². The van der Waals surface area contributed by atoms with Crippen LogP contribution in [0.25, 0.3) is 0 Å². The molecule has 2 unspecified atom stereocenters. The molecule has 0 fully saturated rings. The van der Waals surface area contributed by atoms with E-state index < -0.39 is 5.41 Å². The summed E-state index contributed by atoms with van der Waals surface area (Å²) in [5.74, 6) is 1.89. The molecule has 0 aliphatic heterocycles. The van der Waals surface area contributed by atoms with Crippen molar-refractivity contribution in [3.05, 3.63) is 81.8 Å². The predicted molar refractivity (Wildman–Crippen MR) is 113 cm³/mol. The number of methoxy groups -OCH3 is 1. The van der Waals surface area contributed by atoms with Crippen LogP contribution in [0.3, 0.4) is 0 Å². The second kappa shape index (κ2) is 8.32. The Kier molecular flexibility index (Phi) is 6.04. The van der Waals surface area contributed by atoms with Gasteiger partial charge < -0.3 is 9.15 Å². The summed E-state index contributed by atoms with van der Waals surface area (Å²) >= 11 is 0. The Morgan fingerprint density at radius 3 is 2.46 bits per heavy atom. The number of aldehydes is 1. The standard InChI is InChI=1S/C25H30O3/c1-6-21-13-20(16-26)15-25(7-2,24(21)27-5)23-17(3)18(4)28-22(23)14-19-11-9-8-10-12-19/h8-13,15-16,24H,6-7,14H2,1-5H3. The Morgan fingerprint density at radius 2 is 1.89 bits per heavy atom. The van der Waals surface area contributed by atoms with Crippen LogP contribution in [0.4, 0.5) is 0 Å². The molecule has 1 aromatic carbocycles. The molecule has 0 N–H and O–H groups in total. The molecule has 3 nitrogen and oxygen atoms in total. The van der Waals surface area contributed by atoms with Crippen molar-refractivity contribution in [1.29, 1.82) is 0 Å². The van der Waals surface area contributed by atoms with Crippen molar-refractivity contribution in [3.63, 3.8) is 0 Å². The second-order valence-corrected chi connectivity index (χ2v) is 7.59. The van der Waals surface area contributed by atoms with Crippen LogP contribution in [0.15, 0.2) is 58.0 Å². The van der Waals surface area contributed by atoms with Crippen LogP contribution in [-0.4, -0.2) is 19.5 Å². The molecule has 28 heavy (non-hydrogen) atoms. The zero-order chi connectivity index (χ0) is 20.3. The first-order valence-electron chi connectivity index (χ1n) is 10.0. The topological polar surface area (TPSA) is 39.4 Å². The normalized spacial score (nSPS) is 22.0. The number of ether oxygens (including phenoxy) is 1. The van der Waals surface area contributed by atoms with Crippen LogP contribution < -0.4 is 0 Å². The van der Waals surface area contributed by atoms with Crippen molar-refractivity contribution >= 4 is 6.29 Å².